The number of aryl methyl sites for hydroxylation is 1. The van der Waals surface area contributed by atoms with Gasteiger partial charge in [0.15, 0.2) is 0 Å². The molecule has 1 heterocycles. The van der Waals surface area contributed by atoms with E-state index in [2.05, 4.69) is 16.5 Å². The third kappa shape index (κ3) is 3.50. The molecule has 0 unspecified atom stereocenters. The Hall–Kier alpha value is -2.43. The third-order valence-corrected chi connectivity index (χ3v) is 4.49. The quantitative estimate of drug-likeness (QED) is 0.689. The summed E-state index contributed by atoms with van der Waals surface area (Å²) in [6.45, 7) is 7.58. The third-order valence-electron chi connectivity index (χ3n) is 4.49. The van der Waals surface area contributed by atoms with Crippen molar-refractivity contribution in [2.24, 2.45) is 0 Å². The molecule has 0 saturated carbocycles. The van der Waals surface area contributed by atoms with Gasteiger partial charge in [-0.1, -0.05) is 12.6 Å². The SMILES string of the molecule is C=C(C)c1cncc(C2=C(c3cc(C(F)(F)F)ccc3C)CCC2)n1. The number of hydrogen-bond donors (Lipinski definition) is 0. The number of nitrogens with zero attached hydrogens (tertiary/aromatic N) is 2. The summed E-state index contributed by atoms with van der Waals surface area (Å²) >= 11 is 0. The Morgan fingerprint density at radius 1 is 1.12 bits per heavy atom. The monoisotopic (exact) mass is 344 g/mol. The molecule has 1 aromatic heterocycles. The summed E-state index contributed by atoms with van der Waals surface area (Å²) in [6, 6.07) is 3.93. The molecule has 1 aliphatic rings. The van der Waals surface area contributed by atoms with Crippen LogP contribution in [0.1, 0.15) is 54.3 Å². The molecule has 5 heteroatoms. The van der Waals surface area contributed by atoms with Gasteiger partial charge in [0.05, 0.1) is 29.3 Å². The van der Waals surface area contributed by atoms with E-state index in [1.165, 1.54) is 12.1 Å². The minimum absolute atomic E-state index is 0.617. The first-order valence-corrected chi connectivity index (χ1v) is 8.16. The molecule has 2 aromatic rings. The molecule has 1 aromatic carbocycles. The van der Waals surface area contributed by atoms with E-state index in [-0.39, 0.29) is 0 Å². The van der Waals surface area contributed by atoms with Gasteiger partial charge in [-0.2, -0.15) is 13.2 Å². The van der Waals surface area contributed by atoms with Gasteiger partial charge in [0.1, 0.15) is 0 Å². The Bertz CT molecular complexity index is 863. The van der Waals surface area contributed by atoms with Crippen LogP contribution in [0.5, 0.6) is 0 Å². The molecule has 0 spiro atoms. The summed E-state index contributed by atoms with van der Waals surface area (Å²) < 4.78 is 39.3. The highest BCUT2D eigenvalue weighted by Crippen LogP contribution is 2.41. The molecule has 130 valence electrons. The largest absolute Gasteiger partial charge is 0.416 e. The number of alkyl halides is 3. The van der Waals surface area contributed by atoms with Crippen LogP contribution < -0.4 is 0 Å². The second-order valence-electron chi connectivity index (χ2n) is 6.41. The second kappa shape index (κ2) is 6.47. The zero-order valence-corrected chi connectivity index (χ0v) is 14.2. The number of aromatic nitrogens is 2. The van der Waals surface area contributed by atoms with Crippen LogP contribution in [-0.2, 0) is 6.18 Å². The zero-order valence-electron chi connectivity index (χ0n) is 14.2. The smallest absolute Gasteiger partial charge is 0.260 e. The number of benzene rings is 1. The van der Waals surface area contributed by atoms with Crippen molar-refractivity contribution in [2.75, 3.05) is 0 Å². The van der Waals surface area contributed by atoms with Gasteiger partial charge in [-0.05, 0) is 73.1 Å². The lowest BCUT2D eigenvalue weighted by Crippen LogP contribution is -2.06. The van der Waals surface area contributed by atoms with Crippen LogP contribution in [0, 0.1) is 6.92 Å². The molecular weight excluding hydrogens is 325 g/mol. The summed E-state index contributed by atoms with van der Waals surface area (Å²) in [7, 11) is 0. The number of rotatable bonds is 3. The average molecular weight is 344 g/mol. The number of halogens is 3. The van der Waals surface area contributed by atoms with Crippen LogP contribution in [0.25, 0.3) is 16.7 Å². The molecule has 3 rings (SSSR count). The van der Waals surface area contributed by atoms with Crippen LogP contribution in [0.2, 0.25) is 0 Å². The van der Waals surface area contributed by atoms with Crippen molar-refractivity contribution >= 4 is 16.7 Å². The van der Waals surface area contributed by atoms with E-state index in [4.69, 9.17) is 0 Å². The molecule has 0 radical (unpaired) electrons. The maximum absolute atomic E-state index is 13.1. The van der Waals surface area contributed by atoms with E-state index in [0.29, 0.717) is 11.3 Å². The van der Waals surface area contributed by atoms with E-state index in [1.807, 2.05) is 13.8 Å². The highest BCUT2D eigenvalue weighted by atomic mass is 19.4. The first-order valence-electron chi connectivity index (χ1n) is 8.16. The lowest BCUT2D eigenvalue weighted by atomic mass is 9.94. The van der Waals surface area contributed by atoms with Gasteiger partial charge in [-0.3, -0.25) is 4.98 Å². The Balaban J connectivity index is 2.14. The highest BCUT2D eigenvalue weighted by molar-refractivity contribution is 5.92. The molecule has 25 heavy (non-hydrogen) atoms. The van der Waals surface area contributed by atoms with E-state index in [1.54, 1.807) is 12.4 Å². The number of hydrogen-bond acceptors (Lipinski definition) is 2. The minimum atomic E-state index is -4.35. The zero-order chi connectivity index (χ0) is 18.2. The maximum Gasteiger partial charge on any atom is 0.416 e. The molecule has 0 atom stereocenters. The Morgan fingerprint density at radius 2 is 1.84 bits per heavy atom. The van der Waals surface area contributed by atoms with E-state index < -0.39 is 11.7 Å². The van der Waals surface area contributed by atoms with Crippen molar-refractivity contribution in [1.29, 1.82) is 0 Å². The summed E-state index contributed by atoms with van der Waals surface area (Å²) in [5.41, 5.74) is 5.05. The van der Waals surface area contributed by atoms with Crippen LogP contribution in [-0.4, -0.2) is 9.97 Å². The highest BCUT2D eigenvalue weighted by Gasteiger charge is 2.31. The Morgan fingerprint density at radius 3 is 2.52 bits per heavy atom. The Labute approximate surface area is 145 Å². The van der Waals surface area contributed by atoms with E-state index >= 15 is 0 Å². The van der Waals surface area contributed by atoms with Crippen molar-refractivity contribution in [2.45, 2.75) is 39.3 Å². The summed E-state index contributed by atoms with van der Waals surface area (Å²) in [4.78, 5) is 8.81. The second-order valence-corrected chi connectivity index (χ2v) is 6.41. The molecule has 2 nitrogen and oxygen atoms in total. The van der Waals surface area contributed by atoms with E-state index in [0.717, 1.165) is 53.3 Å². The summed E-state index contributed by atoms with van der Waals surface area (Å²) in [6.07, 6.45) is 1.42. The lowest BCUT2D eigenvalue weighted by molar-refractivity contribution is -0.137. The van der Waals surface area contributed by atoms with Crippen LogP contribution >= 0.6 is 0 Å². The average Bonchev–Trinajstić information content (AvgIpc) is 3.03. The standard InChI is InChI=1S/C20H19F3N2/c1-12(2)18-10-24-11-19(25-18)16-6-4-5-15(16)17-9-14(20(21,22)23)8-7-13(17)3/h7-11H,1,4-6H2,2-3H3. The molecule has 0 aliphatic heterocycles. The topological polar surface area (TPSA) is 25.8 Å². The van der Waals surface area contributed by atoms with Crippen molar-refractivity contribution in [3.63, 3.8) is 0 Å². The number of allylic oxidation sites excluding steroid dienone is 3. The fourth-order valence-electron chi connectivity index (χ4n) is 3.16. The molecule has 1 aliphatic carbocycles. The summed E-state index contributed by atoms with van der Waals surface area (Å²) in [5.74, 6) is 0. The predicted molar refractivity (Wildman–Crippen MR) is 93.6 cm³/mol. The van der Waals surface area contributed by atoms with Crippen LogP contribution in [0.4, 0.5) is 13.2 Å². The fourth-order valence-corrected chi connectivity index (χ4v) is 3.16. The molecule has 0 bridgehead atoms. The predicted octanol–water partition coefficient (Wildman–Crippen LogP) is 5.93. The molecular formula is C20H19F3N2. The fraction of sp³-hybridized carbons (Fsp3) is 0.300. The van der Waals surface area contributed by atoms with E-state index in [9.17, 15) is 13.2 Å². The van der Waals surface area contributed by atoms with Gasteiger partial charge in [-0.25, -0.2) is 4.98 Å². The maximum atomic E-state index is 13.1. The Kier molecular flexibility index (Phi) is 4.50. The van der Waals surface area contributed by atoms with Crippen LogP contribution in [0.3, 0.4) is 0 Å². The molecule has 0 N–H and O–H groups in total. The van der Waals surface area contributed by atoms with Crippen molar-refractivity contribution < 1.29 is 13.2 Å². The molecule has 0 saturated heterocycles. The van der Waals surface area contributed by atoms with Crippen molar-refractivity contribution in [3.8, 4) is 0 Å². The van der Waals surface area contributed by atoms with Gasteiger partial charge in [-0.15, -0.1) is 0 Å². The molecule has 0 amide bonds. The van der Waals surface area contributed by atoms with Gasteiger partial charge in [0.2, 0.25) is 0 Å². The minimum Gasteiger partial charge on any atom is -0.260 e. The molecule has 0 fully saturated rings. The lowest BCUT2D eigenvalue weighted by Gasteiger charge is -2.14. The summed E-state index contributed by atoms with van der Waals surface area (Å²) in [5, 5.41) is 0. The van der Waals surface area contributed by atoms with Crippen molar-refractivity contribution in [3.05, 3.63) is 65.2 Å². The van der Waals surface area contributed by atoms with Gasteiger partial charge >= 0.3 is 6.18 Å². The first kappa shape index (κ1) is 17.4. The van der Waals surface area contributed by atoms with Gasteiger partial charge < -0.3 is 0 Å². The van der Waals surface area contributed by atoms with Gasteiger partial charge in [0.25, 0.3) is 0 Å². The van der Waals surface area contributed by atoms with Gasteiger partial charge in [0, 0.05) is 0 Å². The first-order chi connectivity index (χ1) is 11.8. The van der Waals surface area contributed by atoms with Crippen molar-refractivity contribution in [1.82, 2.24) is 9.97 Å². The van der Waals surface area contributed by atoms with Crippen LogP contribution in [0.15, 0.2) is 37.2 Å². The normalized spacial score (nSPS) is 14.9.